The Morgan fingerprint density at radius 1 is 0.786 bits per heavy atom. The lowest BCUT2D eigenvalue weighted by Gasteiger charge is -2.11. The molecule has 0 amide bonds. The van der Waals surface area contributed by atoms with E-state index < -0.39 is 17.9 Å². The van der Waals surface area contributed by atoms with Gasteiger partial charge in [0.15, 0.2) is 0 Å². The molecule has 0 aliphatic rings. The second-order valence-corrected chi connectivity index (χ2v) is 5.93. The summed E-state index contributed by atoms with van der Waals surface area (Å²) in [5.41, 5.74) is 3.16. The quantitative estimate of drug-likeness (QED) is 0.654. The van der Waals surface area contributed by atoms with Crippen molar-refractivity contribution in [2.24, 2.45) is 0 Å². The number of rotatable bonds is 5. The van der Waals surface area contributed by atoms with Crippen molar-refractivity contribution >= 4 is 17.9 Å². The summed E-state index contributed by atoms with van der Waals surface area (Å²) in [5, 5.41) is 18.1. The lowest BCUT2D eigenvalue weighted by Crippen LogP contribution is -2.04. The van der Waals surface area contributed by atoms with Crippen molar-refractivity contribution in [3.63, 3.8) is 0 Å². The summed E-state index contributed by atoms with van der Waals surface area (Å²) < 4.78 is 4.82. The van der Waals surface area contributed by atoms with Gasteiger partial charge in [0.25, 0.3) is 0 Å². The highest BCUT2D eigenvalue weighted by Gasteiger charge is 2.16. The molecule has 0 bridgehead atoms. The molecule has 0 atom stereocenters. The molecular weight excluding hydrogens is 360 g/mol. The predicted octanol–water partition coefficient (Wildman–Crippen LogP) is 4.00. The highest BCUT2D eigenvalue weighted by molar-refractivity contribution is 5.98. The number of carbonyl (C=O) groups is 3. The van der Waals surface area contributed by atoms with Gasteiger partial charge >= 0.3 is 17.9 Å². The van der Waals surface area contributed by atoms with Crippen LogP contribution in [0.2, 0.25) is 0 Å². The first-order valence-corrected chi connectivity index (χ1v) is 8.22. The molecule has 3 aromatic rings. The van der Waals surface area contributed by atoms with Crippen LogP contribution in [-0.4, -0.2) is 35.2 Å². The third-order valence-corrected chi connectivity index (χ3v) is 4.24. The Kier molecular flexibility index (Phi) is 5.22. The monoisotopic (exact) mass is 375 g/mol. The molecule has 0 aromatic heterocycles. The average Bonchev–Trinajstić information content (AvgIpc) is 2.73. The van der Waals surface area contributed by atoms with Gasteiger partial charge in [0.1, 0.15) is 0 Å². The van der Waals surface area contributed by atoms with E-state index in [9.17, 15) is 14.4 Å². The van der Waals surface area contributed by atoms with Crippen molar-refractivity contribution in [3.05, 3.63) is 83.4 Å². The summed E-state index contributed by atoms with van der Waals surface area (Å²) in [6.45, 7) is 0. The Bertz CT molecular complexity index is 1050. The third-order valence-electron chi connectivity index (χ3n) is 4.24. The van der Waals surface area contributed by atoms with Crippen LogP contribution in [0.5, 0.6) is 0 Å². The first-order chi connectivity index (χ1) is 13.4. The topological polar surface area (TPSA) is 101 Å². The molecular formula is C22H15O6. The number of aromatic carboxylic acids is 2. The summed E-state index contributed by atoms with van der Waals surface area (Å²) in [6.07, 6.45) is 0. The Labute approximate surface area is 160 Å². The van der Waals surface area contributed by atoms with Crippen LogP contribution in [0.15, 0.2) is 60.7 Å². The molecule has 0 saturated carbocycles. The lowest BCUT2D eigenvalue weighted by atomic mass is 9.93. The maximum Gasteiger partial charge on any atom is 0.339 e. The molecule has 0 saturated heterocycles. The Morgan fingerprint density at radius 2 is 1.29 bits per heavy atom. The van der Waals surface area contributed by atoms with Crippen molar-refractivity contribution in [3.8, 4) is 22.3 Å². The molecule has 0 unspecified atom stereocenters. The van der Waals surface area contributed by atoms with E-state index in [0.717, 1.165) is 11.1 Å². The fourth-order valence-electron chi connectivity index (χ4n) is 2.76. The Hall–Kier alpha value is -3.93. The minimum atomic E-state index is -1.04. The van der Waals surface area contributed by atoms with Crippen molar-refractivity contribution in [2.45, 2.75) is 0 Å². The summed E-state index contributed by atoms with van der Waals surface area (Å²) >= 11 is 0. The molecule has 1 radical (unpaired) electrons. The van der Waals surface area contributed by atoms with Gasteiger partial charge in [-0.2, -0.15) is 0 Å². The highest BCUT2D eigenvalue weighted by Crippen LogP contribution is 2.30. The largest absolute Gasteiger partial charge is 0.478 e. The number of methoxy groups -OCH3 is 1. The van der Waals surface area contributed by atoms with E-state index in [1.54, 1.807) is 36.4 Å². The molecule has 28 heavy (non-hydrogen) atoms. The van der Waals surface area contributed by atoms with Gasteiger partial charge in [-0.1, -0.05) is 24.3 Å². The van der Waals surface area contributed by atoms with E-state index in [1.807, 2.05) is 0 Å². The first kappa shape index (κ1) is 18.8. The van der Waals surface area contributed by atoms with Crippen LogP contribution in [0.3, 0.4) is 0 Å². The van der Waals surface area contributed by atoms with Crippen LogP contribution >= 0.6 is 0 Å². The number of hydrogen-bond acceptors (Lipinski definition) is 4. The number of carboxylic acids is 2. The van der Waals surface area contributed by atoms with Crippen LogP contribution in [-0.2, 0) is 4.74 Å². The van der Waals surface area contributed by atoms with Crippen LogP contribution in [0, 0.1) is 6.07 Å². The molecule has 0 aliphatic heterocycles. The minimum Gasteiger partial charge on any atom is -0.478 e. The fraction of sp³-hybridized carbons (Fsp3) is 0.0455. The summed E-state index contributed by atoms with van der Waals surface area (Å²) in [7, 11) is 1.27. The Morgan fingerprint density at radius 3 is 1.75 bits per heavy atom. The number of benzene rings is 3. The van der Waals surface area contributed by atoms with Crippen molar-refractivity contribution in [1.29, 1.82) is 0 Å². The average molecular weight is 375 g/mol. The van der Waals surface area contributed by atoms with E-state index in [0.29, 0.717) is 11.1 Å². The first-order valence-electron chi connectivity index (χ1n) is 8.22. The van der Waals surface area contributed by atoms with Crippen molar-refractivity contribution < 1.29 is 29.3 Å². The molecule has 139 valence electrons. The smallest absolute Gasteiger partial charge is 0.339 e. The zero-order chi connectivity index (χ0) is 20.3. The second kappa shape index (κ2) is 7.75. The van der Waals surface area contributed by atoms with E-state index in [-0.39, 0.29) is 16.7 Å². The summed E-state index contributed by atoms with van der Waals surface area (Å²) in [4.78, 5) is 34.2. The summed E-state index contributed by atoms with van der Waals surface area (Å²) in [5.74, 6) is -2.62. The van der Waals surface area contributed by atoms with E-state index >= 15 is 0 Å². The normalized spacial score (nSPS) is 10.3. The van der Waals surface area contributed by atoms with Gasteiger partial charge in [-0.3, -0.25) is 0 Å². The third kappa shape index (κ3) is 3.76. The lowest BCUT2D eigenvalue weighted by molar-refractivity contribution is 0.0599. The summed E-state index contributed by atoms with van der Waals surface area (Å²) in [6, 6.07) is 18.7. The van der Waals surface area contributed by atoms with Crippen LogP contribution < -0.4 is 0 Å². The molecule has 6 nitrogen and oxygen atoms in total. The van der Waals surface area contributed by atoms with Gasteiger partial charge in [-0.05, 0) is 64.7 Å². The second-order valence-electron chi connectivity index (χ2n) is 5.93. The maximum atomic E-state index is 12.1. The van der Waals surface area contributed by atoms with Crippen molar-refractivity contribution in [2.75, 3.05) is 7.11 Å². The van der Waals surface area contributed by atoms with Crippen LogP contribution in [0.1, 0.15) is 31.1 Å². The number of carbonyl (C=O) groups excluding carboxylic acids is 1. The van der Waals surface area contributed by atoms with Gasteiger partial charge in [-0.25, -0.2) is 14.4 Å². The fourth-order valence-corrected chi connectivity index (χ4v) is 2.76. The number of esters is 1. The molecule has 3 rings (SSSR count). The zero-order valence-electron chi connectivity index (χ0n) is 14.8. The van der Waals surface area contributed by atoms with E-state index in [4.69, 9.17) is 14.9 Å². The molecule has 0 heterocycles. The Balaban J connectivity index is 2.10. The maximum absolute atomic E-state index is 12.1. The number of hydrogen-bond donors (Lipinski definition) is 2. The van der Waals surface area contributed by atoms with Gasteiger partial charge < -0.3 is 14.9 Å². The molecule has 0 fully saturated rings. The van der Waals surface area contributed by atoms with Gasteiger partial charge in [0, 0.05) is 0 Å². The van der Waals surface area contributed by atoms with Crippen LogP contribution in [0.25, 0.3) is 22.3 Å². The number of ether oxygens (including phenoxy) is 1. The molecule has 0 spiro atoms. The molecule has 6 heteroatoms. The molecule has 0 aliphatic carbocycles. The van der Waals surface area contributed by atoms with E-state index in [2.05, 4.69) is 6.07 Å². The van der Waals surface area contributed by atoms with Crippen LogP contribution in [0.4, 0.5) is 0 Å². The predicted molar refractivity (Wildman–Crippen MR) is 101 cm³/mol. The highest BCUT2D eigenvalue weighted by atomic mass is 16.5. The van der Waals surface area contributed by atoms with Gasteiger partial charge in [0.05, 0.1) is 23.8 Å². The van der Waals surface area contributed by atoms with Gasteiger partial charge in [0.2, 0.25) is 0 Å². The van der Waals surface area contributed by atoms with E-state index in [1.165, 1.54) is 31.4 Å². The van der Waals surface area contributed by atoms with Gasteiger partial charge in [-0.15, -0.1) is 0 Å². The number of carboxylic acid groups (broad SMARTS) is 2. The molecule has 3 aromatic carbocycles. The minimum absolute atomic E-state index is 0.132. The SMILES string of the molecule is COC(=O)c1[c]cc(-c2ccc(C(=O)O)cc2)cc1-c1ccc(C(=O)O)cc1. The zero-order valence-corrected chi connectivity index (χ0v) is 14.8. The van der Waals surface area contributed by atoms with Crippen molar-refractivity contribution in [1.82, 2.24) is 0 Å². The standard InChI is InChI=1S/C22H15O6/c1-28-22(27)18-11-10-17(13-2-6-15(7-3-13)20(23)24)12-19(18)14-4-8-16(9-5-14)21(25)26/h2-10,12H,1H3,(H,23,24)(H,25,26). The molecule has 2 N–H and O–H groups in total.